The van der Waals surface area contributed by atoms with Crippen molar-refractivity contribution in [2.75, 3.05) is 13.1 Å². The van der Waals surface area contributed by atoms with Crippen molar-refractivity contribution >= 4 is 0 Å². The molecule has 0 aliphatic heterocycles. The molecule has 0 unspecified atom stereocenters. The molecular formula is C16H25N. The smallest absolute Gasteiger partial charge is 0.0135 e. The van der Waals surface area contributed by atoms with Gasteiger partial charge in [-0.05, 0) is 37.3 Å². The van der Waals surface area contributed by atoms with E-state index in [-0.39, 0.29) is 0 Å². The summed E-state index contributed by atoms with van der Waals surface area (Å²) in [4.78, 5) is 0. The molecular weight excluding hydrogens is 206 g/mol. The largest absolute Gasteiger partial charge is 0.313 e. The van der Waals surface area contributed by atoms with Gasteiger partial charge in [0, 0.05) is 6.54 Å². The van der Waals surface area contributed by atoms with Gasteiger partial charge in [-0.25, -0.2) is 0 Å². The van der Waals surface area contributed by atoms with Gasteiger partial charge >= 0.3 is 0 Å². The highest BCUT2D eigenvalue weighted by Crippen LogP contribution is 2.04. The lowest BCUT2D eigenvalue weighted by Crippen LogP contribution is -2.19. The fraction of sp³-hybridized carbons (Fsp3) is 0.500. The molecule has 0 saturated carbocycles. The van der Waals surface area contributed by atoms with E-state index in [4.69, 9.17) is 0 Å². The molecule has 0 aliphatic carbocycles. The summed E-state index contributed by atoms with van der Waals surface area (Å²) >= 11 is 0. The second-order valence-electron chi connectivity index (χ2n) is 4.90. The van der Waals surface area contributed by atoms with Crippen LogP contribution in [0.4, 0.5) is 0 Å². The van der Waals surface area contributed by atoms with E-state index in [2.05, 4.69) is 61.6 Å². The lowest BCUT2D eigenvalue weighted by molar-refractivity contribution is 0.576. The second-order valence-corrected chi connectivity index (χ2v) is 4.90. The number of allylic oxidation sites excluding steroid dienone is 1. The summed E-state index contributed by atoms with van der Waals surface area (Å²) in [6.45, 7) is 6.57. The second kappa shape index (κ2) is 9.00. The summed E-state index contributed by atoms with van der Waals surface area (Å²) in [7, 11) is 0. The number of hydrogen-bond donors (Lipinski definition) is 1. The van der Waals surface area contributed by atoms with Gasteiger partial charge in [-0.15, -0.1) is 0 Å². The SMILES string of the molecule is CC(C)CNC/C=C/CCCc1ccccc1. The van der Waals surface area contributed by atoms with E-state index in [1.807, 2.05) is 0 Å². The first kappa shape index (κ1) is 14.0. The first-order chi connectivity index (χ1) is 8.29. The average molecular weight is 231 g/mol. The normalized spacial score (nSPS) is 11.5. The maximum Gasteiger partial charge on any atom is 0.0135 e. The molecule has 1 nitrogen and oxygen atoms in total. The van der Waals surface area contributed by atoms with Crippen LogP contribution in [0.15, 0.2) is 42.5 Å². The Morgan fingerprint density at radius 1 is 1.12 bits per heavy atom. The monoisotopic (exact) mass is 231 g/mol. The minimum Gasteiger partial charge on any atom is -0.313 e. The maximum absolute atomic E-state index is 3.41. The number of hydrogen-bond acceptors (Lipinski definition) is 1. The van der Waals surface area contributed by atoms with Crippen molar-refractivity contribution in [1.29, 1.82) is 0 Å². The van der Waals surface area contributed by atoms with Gasteiger partial charge < -0.3 is 5.32 Å². The van der Waals surface area contributed by atoms with Crippen LogP contribution >= 0.6 is 0 Å². The molecule has 0 amide bonds. The maximum atomic E-state index is 3.41. The Kier molecular flexibility index (Phi) is 7.40. The Balaban J connectivity index is 1.99. The van der Waals surface area contributed by atoms with Crippen LogP contribution < -0.4 is 5.32 Å². The molecule has 1 N–H and O–H groups in total. The molecule has 1 aromatic rings. The lowest BCUT2D eigenvalue weighted by Gasteiger charge is -2.03. The predicted molar refractivity (Wildman–Crippen MR) is 76.2 cm³/mol. The highest BCUT2D eigenvalue weighted by Gasteiger charge is 1.91. The highest BCUT2D eigenvalue weighted by molar-refractivity contribution is 5.14. The van der Waals surface area contributed by atoms with Crippen molar-refractivity contribution in [2.45, 2.75) is 33.1 Å². The molecule has 0 saturated heterocycles. The molecule has 1 heteroatoms. The number of unbranched alkanes of at least 4 members (excludes halogenated alkanes) is 1. The molecule has 0 bridgehead atoms. The van der Waals surface area contributed by atoms with Crippen molar-refractivity contribution in [2.24, 2.45) is 5.92 Å². The molecule has 94 valence electrons. The predicted octanol–water partition coefficient (Wildman–Crippen LogP) is 3.81. The Labute approximate surface area is 106 Å². The van der Waals surface area contributed by atoms with Crippen molar-refractivity contribution < 1.29 is 0 Å². The van der Waals surface area contributed by atoms with Crippen LogP contribution in [0.25, 0.3) is 0 Å². The first-order valence-electron chi connectivity index (χ1n) is 6.68. The fourth-order valence-electron chi connectivity index (χ4n) is 1.73. The van der Waals surface area contributed by atoms with E-state index in [1.54, 1.807) is 0 Å². The fourth-order valence-corrected chi connectivity index (χ4v) is 1.73. The summed E-state index contributed by atoms with van der Waals surface area (Å²) in [5.41, 5.74) is 1.44. The molecule has 1 aromatic carbocycles. The molecule has 1 rings (SSSR count). The van der Waals surface area contributed by atoms with Crippen LogP contribution in [-0.4, -0.2) is 13.1 Å². The molecule has 0 atom stereocenters. The molecule has 0 heterocycles. The summed E-state index contributed by atoms with van der Waals surface area (Å²) in [5, 5.41) is 3.41. The van der Waals surface area contributed by atoms with Crippen LogP contribution in [0.5, 0.6) is 0 Å². The van der Waals surface area contributed by atoms with Gasteiger partial charge in [0.15, 0.2) is 0 Å². The van der Waals surface area contributed by atoms with E-state index in [9.17, 15) is 0 Å². The van der Waals surface area contributed by atoms with E-state index in [1.165, 1.54) is 24.8 Å². The third-order valence-electron chi connectivity index (χ3n) is 2.66. The molecule has 0 fully saturated rings. The van der Waals surface area contributed by atoms with Gasteiger partial charge in [-0.1, -0.05) is 56.3 Å². The van der Waals surface area contributed by atoms with Gasteiger partial charge in [-0.3, -0.25) is 0 Å². The zero-order chi connectivity index (χ0) is 12.3. The van der Waals surface area contributed by atoms with Gasteiger partial charge in [0.1, 0.15) is 0 Å². The minimum absolute atomic E-state index is 0.737. The zero-order valence-electron chi connectivity index (χ0n) is 11.2. The van der Waals surface area contributed by atoms with Gasteiger partial charge in [0.2, 0.25) is 0 Å². The van der Waals surface area contributed by atoms with Crippen LogP contribution in [0, 0.1) is 5.92 Å². The summed E-state index contributed by atoms with van der Waals surface area (Å²) in [6.07, 6.45) is 8.14. The third-order valence-corrected chi connectivity index (χ3v) is 2.66. The number of rotatable bonds is 8. The van der Waals surface area contributed by atoms with Crippen LogP contribution in [0.2, 0.25) is 0 Å². The number of benzene rings is 1. The molecule has 0 radical (unpaired) electrons. The van der Waals surface area contributed by atoms with E-state index in [0.717, 1.165) is 19.0 Å². The topological polar surface area (TPSA) is 12.0 Å². The van der Waals surface area contributed by atoms with Crippen LogP contribution in [0.3, 0.4) is 0 Å². The molecule has 0 aliphatic rings. The van der Waals surface area contributed by atoms with Gasteiger partial charge in [0.25, 0.3) is 0 Å². The quantitative estimate of drug-likeness (QED) is 0.530. The molecule has 0 aromatic heterocycles. The Bertz CT molecular complexity index is 301. The van der Waals surface area contributed by atoms with Gasteiger partial charge in [-0.2, -0.15) is 0 Å². The van der Waals surface area contributed by atoms with Crippen molar-refractivity contribution in [3.63, 3.8) is 0 Å². The molecule has 17 heavy (non-hydrogen) atoms. The molecule has 0 spiro atoms. The van der Waals surface area contributed by atoms with E-state index in [0.29, 0.717) is 0 Å². The number of aryl methyl sites for hydroxylation is 1. The van der Waals surface area contributed by atoms with Crippen molar-refractivity contribution in [3.8, 4) is 0 Å². The minimum atomic E-state index is 0.737. The zero-order valence-corrected chi connectivity index (χ0v) is 11.2. The Morgan fingerprint density at radius 2 is 1.88 bits per heavy atom. The van der Waals surface area contributed by atoms with E-state index < -0.39 is 0 Å². The Hall–Kier alpha value is -1.08. The van der Waals surface area contributed by atoms with Crippen molar-refractivity contribution in [1.82, 2.24) is 5.32 Å². The van der Waals surface area contributed by atoms with Crippen LogP contribution in [-0.2, 0) is 6.42 Å². The van der Waals surface area contributed by atoms with Crippen LogP contribution in [0.1, 0.15) is 32.3 Å². The van der Waals surface area contributed by atoms with Gasteiger partial charge in [0.05, 0.1) is 0 Å². The average Bonchev–Trinajstić information content (AvgIpc) is 2.33. The summed E-state index contributed by atoms with van der Waals surface area (Å²) in [6, 6.07) is 10.7. The third kappa shape index (κ3) is 7.76. The van der Waals surface area contributed by atoms with Crippen molar-refractivity contribution in [3.05, 3.63) is 48.0 Å². The summed E-state index contributed by atoms with van der Waals surface area (Å²) in [5.74, 6) is 0.737. The number of nitrogens with one attached hydrogen (secondary N) is 1. The highest BCUT2D eigenvalue weighted by atomic mass is 14.8. The standard InChI is InChI=1S/C16H25N/c1-15(2)14-17-13-9-4-3-6-10-16-11-7-5-8-12-16/h4-5,7-9,11-12,15,17H,3,6,10,13-14H2,1-2H3/b9-4+. The first-order valence-corrected chi connectivity index (χ1v) is 6.68. The van der Waals surface area contributed by atoms with E-state index >= 15 is 0 Å². The Morgan fingerprint density at radius 3 is 2.59 bits per heavy atom. The lowest BCUT2D eigenvalue weighted by atomic mass is 10.1. The summed E-state index contributed by atoms with van der Waals surface area (Å²) < 4.78 is 0.